The minimum atomic E-state index is -1.68. The van der Waals surface area contributed by atoms with Gasteiger partial charge in [0.25, 0.3) is 0 Å². The van der Waals surface area contributed by atoms with Crippen molar-refractivity contribution in [1.29, 1.82) is 0 Å². The second kappa shape index (κ2) is 5.03. The first-order valence-corrected chi connectivity index (χ1v) is 9.11. The Morgan fingerprint density at radius 1 is 1.29 bits per heavy atom. The second-order valence-electron chi connectivity index (χ2n) is 4.92. The molecule has 0 bridgehead atoms. The van der Waals surface area contributed by atoms with E-state index >= 15 is 0 Å². The summed E-state index contributed by atoms with van der Waals surface area (Å²) in [4.78, 5) is 0. The molecule has 1 saturated heterocycles. The molecular formula is C15H20OSi. The lowest BCUT2D eigenvalue weighted by atomic mass is 10.0. The third-order valence-corrected chi connectivity index (χ3v) is 6.27. The van der Waals surface area contributed by atoms with Gasteiger partial charge in [0.05, 0.1) is 0 Å². The average Bonchev–Trinajstić information content (AvgIpc) is 2.33. The number of hydrogen-bond donors (Lipinski definition) is 0. The molecule has 0 aromatic heterocycles. The topological polar surface area (TPSA) is 9.23 Å². The van der Waals surface area contributed by atoms with E-state index in [1.54, 1.807) is 0 Å². The first kappa shape index (κ1) is 12.3. The van der Waals surface area contributed by atoms with Crippen LogP contribution in [0.5, 0.6) is 0 Å². The standard InChI is InChI=1S/C15H20OSi/c1-4-14(13-9-6-5-7-10-13)15-11-8-12-16-17(15,2)3/h4-7,9-10H,1,8,11-12H2,2-3H3/b15-14-. The second-order valence-corrected chi connectivity index (χ2v) is 8.84. The summed E-state index contributed by atoms with van der Waals surface area (Å²) in [7, 11) is -1.68. The van der Waals surface area contributed by atoms with Gasteiger partial charge in [-0.2, -0.15) is 0 Å². The molecule has 0 N–H and O–H groups in total. The van der Waals surface area contributed by atoms with E-state index in [1.807, 2.05) is 6.08 Å². The SMILES string of the molecule is C=C/C(=C1\CCCO[Si]1(C)C)c1ccccc1. The van der Waals surface area contributed by atoms with E-state index in [0.29, 0.717) is 0 Å². The van der Waals surface area contributed by atoms with E-state index in [0.717, 1.165) is 19.4 Å². The van der Waals surface area contributed by atoms with Crippen molar-refractivity contribution in [2.24, 2.45) is 0 Å². The molecule has 0 saturated carbocycles. The predicted molar refractivity (Wildman–Crippen MR) is 76.2 cm³/mol. The minimum absolute atomic E-state index is 0.919. The molecule has 1 aromatic carbocycles. The molecule has 1 aliphatic heterocycles. The van der Waals surface area contributed by atoms with E-state index in [2.05, 4.69) is 50.0 Å². The Bertz CT molecular complexity index is 431. The van der Waals surface area contributed by atoms with Crippen molar-refractivity contribution in [2.75, 3.05) is 6.61 Å². The number of benzene rings is 1. The van der Waals surface area contributed by atoms with Gasteiger partial charge in [0.2, 0.25) is 8.32 Å². The van der Waals surface area contributed by atoms with Crippen molar-refractivity contribution in [3.8, 4) is 0 Å². The Kier molecular flexibility index (Phi) is 3.65. The molecule has 0 aliphatic carbocycles. The van der Waals surface area contributed by atoms with Crippen LogP contribution in [0.2, 0.25) is 13.1 Å². The summed E-state index contributed by atoms with van der Waals surface area (Å²) in [5.41, 5.74) is 2.56. The molecule has 0 spiro atoms. The highest BCUT2D eigenvalue weighted by Gasteiger charge is 2.32. The number of allylic oxidation sites excluding steroid dienone is 3. The van der Waals surface area contributed by atoms with E-state index in [4.69, 9.17) is 4.43 Å². The summed E-state index contributed by atoms with van der Waals surface area (Å²) in [6.45, 7) is 9.48. The fourth-order valence-electron chi connectivity index (χ4n) is 2.46. The van der Waals surface area contributed by atoms with E-state index in [1.165, 1.54) is 16.3 Å². The van der Waals surface area contributed by atoms with Crippen LogP contribution in [0.1, 0.15) is 18.4 Å². The molecular weight excluding hydrogens is 224 g/mol. The van der Waals surface area contributed by atoms with Crippen LogP contribution in [0.3, 0.4) is 0 Å². The highest BCUT2D eigenvalue weighted by Crippen LogP contribution is 2.33. The van der Waals surface area contributed by atoms with Crippen LogP contribution in [-0.2, 0) is 4.43 Å². The van der Waals surface area contributed by atoms with Crippen molar-refractivity contribution in [2.45, 2.75) is 25.9 Å². The lowest BCUT2D eigenvalue weighted by Crippen LogP contribution is -2.38. The van der Waals surface area contributed by atoms with Gasteiger partial charge < -0.3 is 4.43 Å². The summed E-state index contributed by atoms with van der Waals surface area (Å²) in [6.07, 6.45) is 4.29. The van der Waals surface area contributed by atoms with Gasteiger partial charge in [-0.1, -0.05) is 43.0 Å². The van der Waals surface area contributed by atoms with Crippen LogP contribution >= 0.6 is 0 Å². The van der Waals surface area contributed by atoms with Crippen molar-refractivity contribution >= 4 is 13.9 Å². The summed E-state index contributed by atoms with van der Waals surface area (Å²) in [6, 6.07) is 10.5. The van der Waals surface area contributed by atoms with Gasteiger partial charge >= 0.3 is 0 Å². The zero-order valence-corrected chi connectivity index (χ0v) is 11.7. The van der Waals surface area contributed by atoms with Crippen molar-refractivity contribution in [3.05, 3.63) is 53.7 Å². The molecule has 1 aromatic rings. The van der Waals surface area contributed by atoms with Gasteiger partial charge in [0, 0.05) is 6.61 Å². The normalized spacial score (nSPS) is 22.0. The maximum Gasteiger partial charge on any atom is 0.214 e. The summed E-state index contributed by atoms with van der Waals surface area (Å²) < 4.78 is 6.02. The maximum atomic E-state index is 6.02. The highest BCUT2D eigenvalue weighted by atomic mass is 28.4. The Hall–Kier alpha value is -1.12. The fourth-order valence-corrected chi connectivity index (χ4v) is 4.96. The summed E-state index contributed by atoms with van der Waals surface area (Å²) in [5, 5.41) is 1.50. The molecule has 1 aliphatic rings. The molecule has 90 valence electrons. The van der Waals surface area contributed by atoms with Crippen LogP contribution < -0.4 is 0 Å². The molecule has 0 radical (unpaired) electrons. The molecule has 0 amide bonds. The first-order valence-electron chi connectivity index (χ1n) is 6.20. The van der Waals surface area contributed by atoms with Gasteiger partial charge in [-0.3, -0.25) is 0 Å². The van der Waals surface area contributed by atoms with Crippen molar-refractivity contribution in [1.82, 2.24) is 0 Å². The van der Waals surface area contributed by atoms with Gasteiger partial charge in [-0.25, -0.2) is 0 Å². The Labute approximate surface area is 105 Å². The molecule has 1 nitrogen and oxygen atoms in total. The number of hydrogen-bond acceptors (Lipinski definition) is 1. The third kappa shape index (κ3) is 2.59. The molecule has 0 atom stereocenters. The maximum absolute atomic E-state index is 6.02. The largest absolute Gasteiger partial charge is 0.413 e. The average molecular weight is 244 g/mol. The lowest BCUT2D eigenvalue weighted by Gasteiger charge is -2.33. The molecule has 1 heterocycles. The van der Waals surface area contributed by atoms with E-state index in [9.17, 15) is 0 Å². The van der Waals surface area contributed by atoms with Gasteiger partial charge in [0.1, 0.15) is 0 Å². The molecule has 1 fully saturated rings. The minimum Gasteiger partial charge on any atom is -0.413 e. The quantitative estimate of drug-likeness (QED) is 0.709. The van der Waals surface area contributed by atoms with E-state index < -0.39 is 8.32 Å². The van der Waals surface area contributed by atoms with Gasteiger partial charge in [-0.15, -0.1) is 0 Å². The zero-order chi connectivity index (χ0) is 12.3. The molecule has 2 heteroatoms. The molecule has 0 unspecified atom stereocenters. The fraction of sp³-hybridized carbons (Fsp3) is 0.333. The van der Waals surface area contributed by atoms with Crippen LogP contribution in [0, 0.1) is 0 Å². The zero-order valence-electron chi connectivity index (χ0n) is 10.7. The lowest BCUT2D eigenvalue weighted by molar-refractivity contribution is 0.289. The highest BCUT2D eigenvalue weighted by molar-refractivity contribution is 6.79. The molecule has 17 heavy (non-hydrogen) atoms. The van der Waals surface area contributed by atoms with Crippen LogP contribution in [0.25, 0.3) is 5.57 Å². The van der Waals surface area contributed by atoms with Crippen molar-refractivity contribution in [3.63, 3.8) is 0 Å². The monoisotopic (exact) mass is 244 g/mol. The van der Waals surface area contributed by atoms with Crippen LogP contribution in [0.4, 0.5) is 0 Å². The summed E-state index contributed by atoms with van der Waals surface area (Å²) in [5.74, 6) is 0. The van der Waals surface area contributed by atoms with Crippen LogP contribution in [0.15, 0.2) is 48.2 Å². The third-order valence-electron chi connectivity index (χ3n) is 3.37. The van der Waals surface area contributed by atoms with Gasteiger partial charge in [0.15, 0.2) is 0 Å². The summed E-state index contributed by atoms with van der Waals surface area (Å²) >= 11 is 0. The van der Waals surface area contributed by atoms with Gasteiger partial charge in [-0.05, 0) is 42.3 Å². The Balaban J connectivity index is 2.49. The Morgan fingerprint density at radius 3 is 2.59 bits per heavy atom. The smallest absolute Gasteiger partial charge is 0.214 e. The molecule has 2 rings (SSSR count). The van der Waals surface area contributed by atoms with E-state index in [-0.39, 0.29) is 0 Å². The predicted octanol–water partition coefficient (Wildman–Crippen LogP) is 4.18. The van der Waals surface area contributed by atoms with Crippen LogP contribution in [-0.4, -0.2) is 14.9 Å². The Morgan fingerprint density at radius 2 is 2.00 bits per heavy atom. The van der Waals surface area contributed by atoms with Crippen molar-refractivity contribution < 1.29 is 4.43 Å². The first-order chi connectivity index (χ1) is 8.15. The number of rotatable bonds is 2.